The summed E-state index contributed by atoms with van der Waals surface area (Å²) in [4.78, 5) is 28.0. The zero-order valence-corrected chi connectivity index (χ0v) is 15.5. The molecule has 142 valence electrons. The van der Waals surface area contributed by atoms with Crippen LogP contribution in [0.4, 0.5) is 5.69 Å². The Hall–Kier alpha value is -2.12. The van der Waals surface area contributed by atoms with E-state index in [2.05, 4.69) is 5.32 Å². The van der Waals surface area contributed by atoms with Crippen LogP contribution < -0.4 is 10.1 Å². The molecule has 2 amide bonds. The molecular weight excluding hydrogens is 334 g/mol. The fraction of sp³-hybridized carbons (Fsp3) is 0.579. The topological polar surface area (TPSA) is 82.1 Å². The van der Waals surface area contributed by atoms with Crippen LogP contribution in [0, 0.1) is 0 Å². The molecule has 0 saturated carbocycles. The van der Waals surface area contributed by atoms with Gasteiger partial charge in [-0.05, 0) is 51.1 Å². The van der Waals surface area contributed by atoms with Crippen molar-refractivity contribution < 1.29 is 19.4 Å². The molecule has 1 fully saturated rings. The van der Waals surface area contributed by atoms with Crippen LogP contribution in [0.15, 0.2) is 18.2 Å². The lowest BCUT2D eigenvalue weighted by atomic mass is 9.94. The molecule has 7 heteroatoms. The fourth-order valence-electron chi connectivity index (χ4n) is 3.70. The smallest absolute Gasteiger partial charge is 0.262 e. The Bertz CT molecular complexity index is 691. The standard InChI is InChI=1S/C19H27N3O4/c1-21(2)13-19(25)6-3-8-22(9-7-19)18(24)11-14-4-5-16-15(10-14)20-17(23)12-26-16/h4-5,10,25H,3,6-9,11-13H2,1-2H3,(H,20,23). The molecule has 0 spiro atoms. The van der Waals surface area contributed by atoms with Crippen molar-refractivity contribution in [2.75, 3.05) is 45.7 Å². The summed E-state index contributed by atoms with van der Waals surface area (Å²) < 4.78 is 5.34. The van der Waals surface area contributed by atoms with Crippen molar-refractivity contribution in [3.63, 3.8) is 0 Å². The Kier molecular flexibility index (Phi) is 5.48. The molecule has 1 aromatic rings. The van der Waals surface area contributed by atoms with Crippen molar-refractivity contribution in [1.82, 2.24) is 9.80 Å². The zero-order valence-electron chi connectivity index (χ0n) is 15.5. The normalized spacial score (nSPS) is 23.1. The summed E-state index contributed by atoms with van der Waals surface area (Å²) in [5, 5.41) is 13.5. The van der Waals surface area contributed by atoms with Crippen LogP contribution in [0.25, 0.3) is 0 Å². The van der Waals surface area contributed by atoms with Gasteiger partial charge in [-0.15, -0.1) is 0 Å². The van der Waals surface area contributed by atoms with E-state index in [-0.39, 0.29) is 24.8 Å². The van der Waals surface area contributed by atoms with Crippen molar-refractivity contribution in [1.29, 1.82) is 0 Å². The largest absolute Gasteiger partial charge is 0.482 e. The maximum Gasteiger partial charge on any atom is 0.262 e. The number of carbonyl (C=O) groups excluding carboxylic acids is 2. The second kappa shape index (κ2) is 7.63. The third-order valence-electron chi connectivity index (χ3n) is 4.91. The van der Waals surface area contributed by atoms with E-state index in [0.29, 0.717) is 43.9 Å². The number of ether oxygens (including phenoxy) is 1. The lowest BCUT2D eigenvalue weighted by Gasteiger charge is -2.30. The fourth-order valence-corrected chi connectivity index (χ4v) is 3.70. The second-order valence-corrected chi connectivity index (χ2v) is 7.54. The third-order valence-corrected chi connectivity index (χ3v) is 4.91. The van der Waals surface area contributed by atoms with Gasteiger partial charge >= 0.3 is 0 Å². The van der Waals surface area contributed by atoms with Gasteiger partial charge in [-0.25, -0.2) is 0 Å². The Morgan fingerprint density at radius 3 is 2.92 bits per heavy atom. The highest BCUT2D eigenvalue weighted by Crippen LogP contribution is 2.29. The number of aliphatic hydroxyl groups is 1. The van der Waals surface area contributed by atoms with Gasteiger partial charge in [0, 0.05) is 19.6 Å². The molecule has 1 saturated heterocycles. The monoisotopic (exact) mass is 361 g/mol. The van der Waals surface area contributed by atoms with Gasteiger partial charge < -0.3 is 25.0 Å². The molecule has 7 nitrogen and oxygen atoms in total. The lowest BCUT2D eigenvalue weighted by molar-refractivity contribution is -0.130. The van der Waals surface area contributed by atoms with Crippen molar-refractivity contribution in [3.8, 4) is 5.75 Å². The number of nitrogens with zero attached hydrogens (tertiary/aromatic N) is 2. The molecule has 1 unspecified atom stereocenters. The number of likely N-dealkylation sites (tertiary alicyclic amines) is 1. The quantitative estimate of drug-likeness (QED) is 0.831. The van der Waals surface area contributed by atoms with Gasteiger partial charge in [0.1, 0.15) is 5.75 Å². The number of hydrogen-bond donors (Lipinski definition) is 2. The highest BCUT2D eigenvalue weighted by Gasteiger charge is 2.32. The van der Waals surface area contributed by atoms with Crippen molar-refractivity contribution >= 4 is 17.5 Å². The zero-order chi connectivity index (χ0) is 18.7. The molecule has 0 aliphatic carbocycles. The number of nitrogens with one attached hydrogen (secondary N) is 1. The molecule has 0 bridgehead atoms. The van der Waals surface area contributed by atoms with Crippen LogP contribution in [-0.2, 0) is 16.0 Å². The maximum absolute atomic E-state index is 12.7. The number of anilines is 1. The molecule has 1 atom stereocenters. The minimum Gasteiger partial charge on any atom is -0.482 e. The second-order valence-electron chi connectivity index (χ2n) is 7.54. The molecule has 2 aliphatic rings. The first-order chi connectivity index (χ1) is 12.3. The summed E-state index contributed by atoms with van der Waals surface area (Å²) in [6.07, 6.45) is 2.36. The first-order valence-corrected chi connectivity index (χ1v) is 9.05. The van der Waals surface area contributed by atoms with Gasteiger partial charge in [0.05, 0.1) is 17.7 Å². The van der Waals surface area contributed by atoms with Gasteiger partial charge in [-0.2, -0.15) is 0 Å². The van der Waals surface area contributed by atoms with E-state index in [0.717, 1.165) is 12.0 Å². The van der Waals surface area contributed by atoms with E-state index in [1.165, 1.54) is 0 Å². The van der Waals surface area contributed by atoms with E-state index in [9.17, 15) is 14.7 Å². The molecule has 26 heavy (non-hydrogen) atoms. The van der Waals surface area contributed by atoms with E-state index in [1.54, 1.807) is 12.1 Å². The number of amides is 2. The van der Waals surface area contributed by atoms with Gasteiger partial charge in [-0.1, -0.05) is 6.07 Å². The van der Waals surface area contributed by atoms with Crippen LogP contribution in [0.3, 0.4) is 0 Å². The van der Waals surface area contributed by atoms with Gasteiger partial charge in [-0.3, -0.25) is 9.59 Å². The molecule has 0 aromatic heterocycles. The molecule has 2 heterocycles. The third kappa shape index (κ3) is 4.53. The summed E-state index contributed by atoms with van der Waals surface area (Å²) in [5.74, 6) is 0.486. The number of benzene rings is 1. The average Bonchev–Trinajstić information content (AvgIpc) is 2.75. The number of carbonyl (C=O) groups is 2. The molecule has 0 radical (unpaired) electrons. The Morgan fingerprint density at radius 2 is 2.15 bits per heavy atom. The van der Waals surface area contributed by atoms with Crippen molar-refractivity contribution in [3.05, 3.63) is 23.8 Å². The lowest BCUT2D eigenvalue weighted by Crippen LogP contribution is -2.41. The van der Waals surface area contributed by atoms with E-state index in [1.807, 2.05) is 30.0 Å². The van der Waals surface area contributed by atoms with E-state index in [4.69, 9.17) is 4.74 Å². The number of fused-ring (bicyclic) bond motifs is 1. The number of hydrogen-bond acceptors (Lipinski definition) is 5. The summed E-state index contributed by atoms with van der Waals surface area (Å²) in [5.41, 5.74) is 0.724. The minimum absolute atomic E-state index is 0.0227. The van der Waals surface area contributed by atoms with Gasteiger partial charge in [0.25, 0.3) is 5.91 Å². The summed E-state index contributed by atoms with van der Waals surface area (Å²) in [7, 11) is 3.90. The highest BCUT2D eigenvalue weighted by molar-refractivity contribution is 5.95. The Labute approximate surface area is 153 Å². The average molecular weight is 361 g/mol. The van der Waals surface area contributed by atoms with Gasteiger partial charge in [0.15, 0.2) is 6.61 Å². The minimum atomic E-state index is -0.730. The first-order valence-electron chi connectivity index (χ1n) is 9.05. The Balaban J connectivity index is 1.61. The number of rotatable bonds is 4. The Morgan fingerprint density at radius 1 is 1.35 bits per heavy atom. The first kappa shape index (κ1) is 18.7. The molecular formula is C19H27N3O4. The van der Waals surface area contributed by atoms with Crippen LogP contribution in [0.2, 0.25) is 0 Å². The van der Waals surface area contributed by atoms with Crippen LogP contribution >= 0.6 is 0 Å². The summed E-state index contributed by atoms with van der Waals surface area (Å²) >= 11 is 0. The van der Waals surface area contributed by atoms with Crippen molar-refractivity contribution in [2.24, 2.45) is 0 Å². The molecule has 2 aliphatic heterocycles. The van der Waals surface area contributed by atoms with Crippen LogP contribution in [0.5, 0.6) is 5.75 Å². The highest BCUT2D eigenvalue weighted by atomic mass is 16.5. The summed E-state index contributed by atoms with van der Waals surface area (Å²) in [6.45, 7) is 1.86. The van der Waals surface area contributed by atoms with Crippen molar-refractivity contribution in [2.45, 2.75) is 31.3 Å². The predicted octanol–water partition coefficient (Wildman–Crippen LogP) is 0.865. The van der Waals surface area contributed by atoms with E-state index < -0.39 is 5.60 Å². The van der Waals surface area contributed by atoms with Crippen LogP contribution in [-0.4, -0.2) is 72.7 Å². The molecule has 3 rings (SSSR count). The SMILES string of the molecule is CN(C)CC1(O)CCCN(C(=O)Cc2ccc3c(c2)NC(=O)CO3)CC1. The molecule has 1 aromatic carbocycles. The van der Waals surface area contributed by atoms with Gasteiger partial charge in [0.2, 0.25) is 5.91 Å². The number of likely N-dealkylation sites (N-methyl/N-ethyl adjacent to an activating group) is 1. The molecule has 2 N–H and O–H groups in total. The van der Waals surface area contributed by atoms with E-state index >= 15 is 0 Å². The summed E-state index contributed by atoms with van der Waals surface area (Å²) in [6, 6.07) is 5.44. The maximum atomic E-state index is 12.7. The van der Waals surface area contributed by atoms with Crippen LogP contribution in [0.1, 0.15) is 24.8 Å². The predicted molar refractivity (Wildman–Crippen MR) is 98.2 cm³/mol.